The molecule has 0 fully saturated rings. The molecule has 0 saturated heterocycles. The quantitative estimate of drug-likeness (QED) is 0.366. The van der Waals surface area contributed by atoms with E-state index in [-0.39, 0.29) is 6.07 Å². The summed E-state index contributed by atoms with van der Waals surface area (Å²) in [6.45, 7) is 2.59. The molecule has 0 aromatic rings. The molecule has 0 aliphatic carbocycles. The summed E-state index contributed by atoms with van der Waals surface area (Å²) in [4.78, 5) is 10.6. The van der Waals surface area contributed by atoms with E-state index >= 15 is 0 Å². The SMILES string of the molecule is CCCCCCCOC(=O)OCCl. The van der Waals surface area contributed by atoms with Crippen molar-refractivity contribution in [2.24, 2.45) is 0 Å². The van der Waals surface area contributed by atoms with Crippen molar-refractivity contribution in [2.45, 2.75) is 39.0 Å². The van der Waals surface area contributed by atoms with Crippen LogP contribution in [0.3, 0.4) is 0 Å². The van der Waals surface area contributed by atoms with Crippen LogP contribution in [0.4, 0.5) is 4.79 Å². The third-order valence-electron chi connectivity index (χ3n) is 1.64. The molecule has 0 spiro atoms. The molecular formula is C9H17ClO3. The fourth-order valence-corrected chi connectivity index (χ4v) is 1.04. The zero-order valence-electron chi connectivity index (χ0n) is 8.05. The fraction of sp³-hybridized carbons (Fsp3) is 0.889. The molecule has 13 heavy (non-hydrogen) atoms. The molecule has 0 aliphatic rings. The number of hydrogen-bond acceptors (Lipinski definition) is 3. The lowest BCUT2D eigenvalue weighted by molar-refractivity contribution is 0.0664. The third kappa shape index (κ3) is 9.47. The number of hydrogen-bond donors (Lipinski definition) is 0. The summed E-state index contributed by atoms with van der Waals surface area (Å²) in [5.41, 5.74) is 0. The first-order valence-corrected chi connectivity index (χ1v) is 5.20. The summed E-state index contributed by atoms with van der Waals surface area (Å²) in [6.07, 6.45) is 4.98. The average molecular weight is 209 g/mol. The molecule has 0 aliphatic heterocycles. The van der Waals surface area contributed by atoms with Gasteiger partial charge in [0.25, 0.3) is 0 Å². The van der Waals surface area contributed by atoms with Crippen molar-refractivity contribution in [3.63, 3.8) is 0 Å². The summed E-state index contributed by atoms with van der Waals surface area (Å²) in [6, 6.07) is -0.144. The Morgan fingerprint density at radius 1 is 1.15 bits per heavy atom. The number of alkyl halides is 1. The Kier molecular flexibility index (Phi) is 9.32. The first-order chi connectivity index (χ1) is 6.31. The molecule has 0 N–H and O–H groups in total. The summed E-state index contributed by atoms with van der Waals surface area (Å²) in [5.74, 6) is 0. The Morgan fingerprint density at radius 2 is 1.85 bits per heavy atom. The normalized spacial score (nSPS) is 9.69. The van der Waals surface area contributed by atoms with Crippen LogP contribution in [-0.2, 0) is 9.47 Å². The molecule has 0 amide bonds. The van der Waals surface area contributed by atoms with Crippen LogP contribution in [0, 0.1) is 0 Å². The van der Waals surface area contributed by atoms with E-state index < -0.39 is 6.16 Å². The van der Waals surface area contributed by atoms with Gasteiger partial charge in [0.05, 0.1) is 6.61 Å². The molecule has 4 heteroatoms. The van der Waals surface area contributed by atoms with Gasteiger partial charge < -0.3 is 9.47 Å². The van der Waals surface area contributed by atoms with Crippen molar-refractivity contribution in [1.29, 1.82) is 0 Å². The Labute approximate surface area is 84.4 Å². The molecule has 3 nitrogen and oxygen atoms in total. The van der Waals surface area contributed by atoms with Gasteiger partial charge in [-0.15, -0.1) is 0 Å². The maximum atomic E-state index is 10.6. The van der Waals surface area contributed by atoms with Crippen LogP contribution >= 0.6 is 11.6 Å². The summed E-state index contributed by atoms with van der Waals surface area (Å²) in [7, 11) is 0. The van der Waals surface area contributed by atoms with E-state index in [0.717, 1.165) is 12.8 Å². The van der Waals surface area contributed by atoms with Crippen LogP contribution in [0.5, 0.6) is 0 Å². The van der Waals surface area contributed by atoms with E-state index in [1.807, 2.05) is 0 Å². The largest absolute Gasteiger partial charge is 0.509 e. The third-order valence-corrected chi connectivity index (χ3v) is 1.75. The first-order valence-electron chi connectivity index (χ1n) is 4.66. The van der Waals surface area contributed by atoms with Crippen molar-refractivity contribution in [3.05, 3.63) is 0 Å². The van der Waals surface area contributed by atoms with Crippen LogP contribution in [0.1, 0.15) is 39.0 Å². The molecule has 78 valence electrons. The smallest absolute Gasteiger partial charge is 0.434 e. The predicted molar refractivity (Wildman–Crippen MR) is 51.9 cm³/mol. The molecule has 0 aromatic carbocycles. The van der Waals surface area contributed by atoms with Gasteiger partial charge in [0.15, 0.2) is 6.07 Å². The van der Waals surface area contributed by atoms with Crippen LogP contribution in [-0.4, -0.2) is 18.8 Å². The van der Waals surface area contributed by atoms with Crippen LogP contribution in [0.2, 0.25) is 0 Å². The molecule has 0 aromatic heterocycles. The molecule has 0 saturated carbocycles. The molecule has 0 radical (unpaired) electrons. The molecule has 0 heterocycles. The summed E-state index contributed by atoms with van der Waals surface area (Å²) in [5, 5.41) is 0. The van der Waals surface area contributed by atoms with Gasteiger partial charge >= 0.3 is 6.16 Å². The number of carbonyl (C=O) groups is 1. The lowest BCUT2D eigenvalue weighted by Crippen LogP contribution is -2.07. The number of rotatable bonds is 7. The van der Waals surface area contributed by atoms with Crippen molar-refractivity contribution in [3.8, 4) is 0 Å². The van der Waals surface area contributed by atoms with E-state index in [4.69, 9.17) is 16.3 Å². The van der Waals surface area contributed by atoms with Gasteiger partial charge in [0.1, 0.15) is 0 Å². The monoisotopic (exact) mass is 208 g/mol. The van der Waals surface area contributed by atoms with Crippen molar-refractivity contribution in [2.75, 3.05) is 12.7 Å². The number of carbonyl (C=O) groups excluding carboxylic acids is 1. The van der Waals surface area contributed by atoms with E-state index in [0.29, 0.717) is 6.61 Å². The Bertz CT molecular complexity index is 128. The van der Waals surface area contributed by atoms with Crippen molar-refractivity contribution in [1.82, 2.24) is 0 Å². The highest BCUT2D eigenvalue weighted by Gasteiger charge is 2.00. The van der Waals surface area contributed by atoms with E-state index in [1.165, 1.54) is 19.3 Å². The first kappa shape index (κ1) is 12.6. The van der Waals surface area contributed by atoms with Crippen molar-refractivity contribution >= 4 is 17.8 Å². The zero-order chi connectivity index (χ0) is 9.94. The lowest BCUT2D eigenvalue weighted by atomic mass is 10.2. The number of unbranched alkanes of at least 4 members (excludes halogenated alkanes) is 4. The minimum atomic E-state index is -0.675. The Morgan fingerprint density at radius 3 is 2.46 bits per heavy atom. The molecule has 0 rings (SSSR count). The molecular weight excluding hydrogens is 192 g/mol. The standard InChI is InChI=1S/C9H17ClO3/c1-2-3-4-5-6-7-12-9(11)13-8-10/h2-8H2,1H3. The highest BCUT2D eigenvalue weighted by molar-refractivity contribution is 6.17. The van der Waals surface area contributed by atoms with Gasteiger partial charge in [-0.2, -0.15) is 0 Å². The summed E-state index contributed by atoms with van der Waals surface area (Å²) >= 11 is 5.15. The minimum absolute atomic E-state index is 0.144. The predicted octanol–water partition coefficient (Wildman–Crippen LogP) is 3.31. The van der Waals surface area contributed by atoms with Gasteiger partial charge in [-0.1, -0.05) is 44.2 Å². The molecule has 0 bridgehead atoms. The number of ether oxygens (including phenoxy) is 2. The Hall–Kier alpha value is -0.440. The highest BCUT2D eigenvalue weighted by atomic mass is 35.5. The molecule has 0 unspecified atom stereocenters. The second-order valence-corrected chi connectivity index (χ2v) is 2.98. The van der Waals surface area contributed by atoms with Gasteiger partial charge in [-0.3, -0.25) is 0 Å². The minimum Gasteiger partial charge on any atom is -0.434 e. The highest BCUT2D eigenvalue weighted by Crippen LogP contribution is 2.02. The second kappa shape index (κ2) is 9.65. The van der Waals surface area contributed by atoms with Gasteiger partial charge in [0, 0.05) is 0 Å². The Balaban J connectivity index is 3.02. The van der Waals surface area contributed by atoms with Gasteiger partial charge in [0.2, 0.25) is 0 Å². The van der Waals surface area contributed by atoms with E-state index in [1.54, 1.807) is 0 Å². The van der Waals surface area contributed by atoms with E-state index in [2.05, 4.69) is 11.7 Å². The maximum Gasteiger partial charge on any atom is 0.509 e. The summed E-state index contributed by atoms with van der Waals surface area (Å²) < 4.78 is 9.09. The second-order valence-electron chi connectivity index (χ2n) is 2.77. The van der Waals surface area contributed by atoms with Crippen LogP contribution in [0.25, 0.3) is 0 Å². The van der Waals surface area contributed by atoms with Crippen LogP contribution in [0.15, 0.2) is 0 Å². The van der Waals surface area contributed by atoms with Gasteiger partial charge in [-0.05, 0) is 6.42 Å². The zero-order valence-corrected chi connectivity index (χ0v) is 8.81. The fourth-order valence-electron chi connectivity index (χ4n) is 0.947. The van der Waals surface area contributed by atoms with Crippen LogP contribution < -0.4 is 0 Å². The lowest BCUT2D eigenvalue weighted by Gasteiger charge is -2.03. The molecule has 0 atom stereocenters. The maximum absolute atomic E-state index is 10.6. The number of halogens is 1. The topological polar surface area (TPSA) is 35.5 Å². The average Bonchev–Trinajstić information content (AvgIpc) is 2.11. The van der Waals surface area contributed by atoms with Crippen molar-refractivity contribution < 1.29 is 14.3 Å². The van der Waals surface area contributed by atoms with E-state index in [9.17, 15) is 4.79 Å². The van der Waals surface area contributed by atoms with Gasteiger partial charge in [-0.25, -0.2) is 4.79 Å².